The Morgan fingerprint density at radius 2 is 1.58 bits per heavy atom. The molecule has 0 aliphatic rings. The quantitative estimate of drug-likeness (QED) is 0.202. The third-order valence-electron chi connectivity index (χ3n) is 5.28. The van der Waals surface area contributed by atoms with Gasteiger partial charge in [-0.3, -0.25) is 9.36 Å². The van der Waals surface area contributed by atoms with Crippen LogP contribution >= 0.6 is 7.60 Å². The number of ketones is 1. The number of hydrogen-bond donors (Lipinski definition) is 2. The third kappa shape index (κ3) is 6.34. The fraction of sp³-hybridized carbons (Fsp3) is 0.458. The Morgan fingerprint density at radius 3 is 2.10 bits per heavy atom. The summed E-state index contributed by atoms with van der Waals surface area (Å²) in [5.74, 6) is -0.372. The third-order valence-corrected chi connectivity index (χ3v) is 6.49. The highest BCUT2D eigenvalue weighted by atomic mass is 31.2. The molecule has 0 fully saturated rings. The van der Waals surface area contributed by atoms with E-state index in [2.05, 4.69) is 0 Å². The molecule has 2 N–H and O–H groups in total. The van der Waals surface area contributed by atoms with E-state index in [1.807, 2.05) is 13.0 Å². The largest absolute Gasteiger partial charge is 0.353 e. The van der Waals surface area contributed by atoms with Crippen LogP contribution in [0.3, 0.4) is 0 Å². The number of unbranched alkanes of at least 4 members (excludes halogenated alkanes) is 1. The van der Waals surface area contributed by atoms with Gasteiger partial charge in [0.15, 0.2) is 17.7 Å². The van der Waals surface area contributed by atoms with E-state index < -0.39 is 31.1 Å². The Morgan fingerprint density at radius 1 is 1.03 bits per heavy atom. The molecule has 0 saturated heterocycles. The molecule has 0 aliphatic carbocycles. The second-order valence-electron chi connectivity index (χ2n) is 8.36. The smallest absolute Gasteiger partial charge is 0.326 e. The van der Waals surface area contributed by atoms with Gasteiger partial charge >= 0.3 is 7.60 Å². The van der Waals surface area contributed by atoms with Crippen LogP contribution in [0.4, 0.5) is 0 Å². The lowest BCUT2D eigenvalue weighted by Crippen LogP contribution is -2.54. The standard InChI is InChI=1S/C24H33O6P/c1-5-6-17-29-19(2)30-24(21-15-11-8-12-16-21,23(3,4)18-31(26,27)28)22(25)20-13-9-7-10-14-20/h7-16,19H,5-6,17-18H2,1-4H3,(H2,26,27,28). The van der Waals surface area contributed by atoms with Crippen molar-refractivity contribution in [1.82, 2.24) is 0 Å². The molecule has 170 valence electrons. The minimum absolute atomic E-state index is 0.372. The first-order valence-electron chi connectivity index (χ1n) is 10.5. The van der Waals surface area contributed by atoms with Crippen molar-refractivity contribution >= 4 is 13.4 Å². The summed E-state index contributed by atoms with van der Waals surface area (Å²) in [5, 5.41) is 0. The van der Waals surface area contributed by atoms with Crippen LogP contribution in [0.25, 0.3) is 0 Å². The summed E-state index contributed by atoms with van der Waals surface area (Å²) in [5.41, 5.74) is -2.02. The van der Waals surface area contributed by atoms with E-state index in [9.17, 15) is 19.1 Å². The van der Waals surface area contributed by atoms with E-state index in [-0.39, 0.29) is 5.78 Å². The molecular weight excluding hydrogens is 415 g/mol. The fourth-order valence-corrected chi connectivity index (χ4v) is 5.13. The van der Waals surface area contributed by atoms with Gasteiger partial charge in [0.25, 0.3) is 0 Å². The van der Waals surface area contributed by atoms with E-state index in [0.29, 0.717) is 17.7 Å². The second-order valence-corrected chi connectivity index (χ2v) is 10.0. The van der Waals surface area contributed by atoms with Crippen LogP contribution < -0.4 is 0 Å². The molecule has 7 heteroatoms. The van der Waals surface area contributed by atoms with E-state index in [4.69, 9.17) is 9.47 Å². The minimum atomic E-state index is -4.48. The average molecular weight is 448 g/mol. The van der Waals surface area contributed by atoms with Gasteiger partial charge in [-0.2, -0.15) is 0 Å². The maximum absolute atomic E-state index is 14.0. The van der Waals surface area contributed by atoms with Crippen LogP contribution in [-0.4, -0.2) is 34.6 Å². The molecule has 0 aliphatic heterocycles. The van der Waals surface area contributed by atoms with Crippen molar-refractivity contribution in [2.24, 2.45) is 5.41 Å². The zero-order valence-corrected chi connectivity index (χ0v) is 19.5. The second kappa shape index (κ2) is 10.7. The summed E-state index contributed by atoms with van der Waals surface area (Å²) in [7, 11) is -4.48. The molecule has 0 aromatic heterocycles. The van der Waals surface area contributed by atoms with Gasteiger partial charge in [-0.25, -0.2) is 0 Å². The van der Waals surface area contributed by atoms with Crippen LogP contribution in [0.15, 0.2) is 60.7 Å². The Hall–Kier alpha value is -1.82. The number of hydrogen-bond acceptors (Lipinski definition) is 4. The van der Waals surface area contributed by atoms with Gasteiger partial charge in [-0.1, -0.05) is 87.9 Å². The molecule has 0 saturated carbocycles. The van der Waals surface area contributed by atoms with Gasteiger partial charge in [-0.05, 0) is 18.9 Å². The van der Waals surface area contributed by atoms with E-state index in [1.165, 1.54) is 0 Å². The van der Waals surface area contributed by atoms with E-state index in [1.54, 1.807) is 75.4 Å². The van der Waals surface area contributed by atoms with Crippen molar-refractivity contribution in [3.05, 3.63) is 71.8 Å². The molecule has 2 unspecified atom stereocenters. The summed E-state index contributed by atoms with van der Waals surface area (Å²) in [6.07, 6.45) is 0.485. The van der Waals surface area contributed by atoms with E-state index >= 15 is 0 Å². The summed E-state index contributed by atoms with van der Waals surface area (Å²) in [6.45, 7) is 7.52. The van der Waals surface area contributed by atoms with Gasteiger partial charge in [-0.15, -0.1) is 0 Å². The lowest BCUT2D eigenvalue weighted by atomic mass is 9.67. The molecule has 31 heavy (non-hydrogen) atoms. The molecule has 0 radical (unpaired) electrons. The van der Waals surface area contributed by atoms with Crippen LogP contribution in [-0.2, 0) is 19.6 Å². The normalized spacial score (nSPS) is 15.3. The van der Waals surface area contributed by atoms with Crippen molar-refractivity contribution < 1.29 is 28.6 Å². The maximum Gasteiger partial charge on any atom is 0.326 e. The minimum Gasteiger partial charge on any atom is -0.353 e. The number of rotatable bonds is 12. The highest BCUT2D eigenvalue weighted by Crippen LogP contribution is 2.53. The number of carbonyl (C=O) groups excluding carboxylic acids is 1. The SMILES string of the molecule is CCCCOC(C)OC(C(=O)c1ccccc1)(c1ccccc1)C(C)(C)CP(=O)(O)O. The monoisotopic (exact) mass is 448 g/mol. The first-order valence-corrected chi connectivity index (χ1v) is 12.3. The summed E-state index contributed by atoms with van der Waals surface area (Å²) < 4.78 is 24.3. The topological polar surface area (TPSA) is 93.1 Å². The van der Waals surface area contributed by atoms with Gasteiger partial charge < -0.3 is 19.3 Å². The zero-order chi connectivity index (χ0) is 23.1. The molecular formula is C24H33O6P. The Labute approximate surface area is 184 Å². The number of ether oxygens (including phenoxy) is 2. The van der Waals surface area contributed by atoms with Crippen LogP contribution in [0.2, 0.25) is 0 Å². The first kappa shape index (κ1) is 25.4. The van der Waals surface area contributed by atoms with Crippen molar-refractivity contribution in [1.29, 1.82) is 0 Å². The molecule has 0 spiro atoms. The van der Waals surface area contributed by atoms with Crippen molar-refractivity contribution in [3.63, 3.8) is 0 Å². The molecule has 2 aromatic rings. The van der Waals surface area contributed by atoms with Crippen molar-refractivity contribution in [2.45, 2.75) is 52.4 Å². The predicted molar refractivity (Wildman–Crippen MR) is 121 cm³/mol. The van der Waals surface area contributed by atoms with E-state index in [0.717, 1.165) is 12.8 Å². The highest BCUT2D eigenvalue weighted by Gasteiger charge is 2.56. The van der Waals surface area contributed by atoms with Crippen molar-refractivity contribution in [3.8, 4) is 0 Å². The van der Waals surface area contributed by atoms with Crippen LogP contribution in [0.1, 0.15) is 56.5 Å². The van der Waals surface area contributed by atoms with Gasteiger partial charge in [0.2, 0.25) is 0 Å². The molecule has 0 bridgehead atoms. The van der Waals surface area contributed by atoms with Gasteiger partial charge in [0.1, 0.15) is 0 Å². The predicted octanol–water partition coefficient (Wildman–Crippen LogP) is 5.15. The summed E-state index contributed by atoms with van der Waals surface area (Å²) in [6, 6.07) is 17.5. The molecule has 6 nitrogen and oxygen atoms in total. The summed E-state index contributed by atoms with van der Waals surface area (Å²) >= 11 is 0. The zero-order valence-electron chi connectivity index (χ0n) is 18.7. The lowest BCUT2D eigenvalue weighted by molar-refractivity contribution is -0.218. The molecule has 2 rings (SSSR count). The number of carbonyl (C=O) groups is 1. The van der Waals surface area contributed by atoms with Gasteiger partial charge in [0.05, 0.1) is 6.16 Å². The van der Waals surface area contributed by atoms with Crippen LogP contribution in [0.5, 0.6) is 0 Å². The van der Waals surface area contributed by atoms with Gasteiger partial charge in [0, 0.05) is 17.6 Å². The molecule has 0 heterocycles. The Balaban J connectivity index is 2.68. The number of Topliss-reactive ketones (excluding diaryl/α,β-unsaturated/α-hetero) is 1. The average Bonchev–Trinajstić information content (AvgIpc) is 2.71. The molecule has 2 atom stereocenters. The molecule has 2 aromatic carbocycles. The van der Waals surface area contributed by atoms with Crippen molar-refractivity contribution in [2.75, 3.05) is 12.8 Å². The highest BCUT2D eigenvalue weighted by molar-refractivity contribution is 7.51. The fourth-order valence-electron chi connectivity index (χ4n) is 3.88. The Kier molecular flexibility index (Phi) is 8.75. The molecule has 0 amide bonds. The maximum atomic E-state index is 14.0. The number of benzene rings is 2. The first-order chi connectivity index (χ1) is 14.5. The summed E-state index contributed by atoms with van der Waals surface area (Å²) in [4.78, 5) is 33.7. The Bertz CT molecular complexity index is 877. The van der Waals surface area contributed by atoms with Crippen LogP contribution in [0, 0.1) is 5.41 Å². The lowest BCUT2D eigenvalue weighted by Gasteiger charge is -2.46.